The van der Waals surface area contributed by atoms with Gasteiger partial charge < -0.3 is 14.7 Å². The highest BCUT2D eigenvalue weighted by molar-refractivity contribution is 9.10. The minimum atomic E-state index is -0.0145. The molecule has 2 aliphatic rings. The van der Waals surface area contributed by atoms with E-state index in [0.717, 1.165) is 35.0 Å². The maximum atomic E-state index is 12.7. The predicted molar refractivity (Wildman–Crippen MR) is 84.1 cm³/mol. The molecule has 1 aliphatic carbocycles. The third-order valence-corrected chi connectivity index (χ3v) is 4.57. The van der Waals surface area contributed by atoms with Gasteiger partial charge in [0.1, 0.15) is 12.4 Å². The van der Waals surface area contributed by atoms with Gasteiger partial charge in [0.2, 0.25) is 0 Å². The van der Waals surface area contributed by atoms with Crippen LogP contribution >= 0.6 is 15.9 Å². The van der Waals surface area contributed by atoms with Gasteiger partial charge in [0.05, 0.1) is 12.2 Å². The summed E-state index contributed by atoms with van der Waals surface area (Å²) in [6, 6.07) is 6.04. The van der Waals surface area contributed by atoms with Gasteiger partial charge in [-0.25, -0.2) is 0 Å². The Morgan fingerprint density at radius 3 is 2.90 bits per heavy atom. The number of aliphatic hydroxyl groups is 1. The van der Waals surface area contributed by atoms with E-state index in [0.29, 0.717) is 18.7 Å². The third-order valence-electron chi connectivity index (χ3n) is 4.08. The first-order valence-electron chi connectivity index (χ1n) is 7.24. The Kier molecular flexibility index (Phi) is 4.31. The smallest absolute Gasteiger partial charge is 0.253 e. The standard InChI is InChI=1S/C16H18BrNO3/c17-13-4-5-15-11(9-13)8-12(10-21-15)16(20)18(6-7-19)14-2-1-3-14/h4-5,8-9,14,19H,1-3,6-7,10H2. The highest BCUT2D eigenvalue weighted by Crippen LogP contribution is 2.31. The molecule has 4 nitrogen and oxygen atoms in total. The number of rotatable bonds is 4. The Hall–Kier alpha value is -1.33. The van der Waals surface area contributed by atoms with Crippen LogP contribution in [0.3, 0.4) is 0 Å². The molecular formula is C16H18BrNO3. The van der Waals surface area contributed by atoms with E-state index in [4.69, 9.17) is 4.74 Å². The molecule has 1 aromatic carbocycles. The topological polar surface area (TPSA) is 49.8 Å². The van der Waals surface area contributed by atoms with E-state index in [-0.39, 0.29) is 18.6 Å². The molecule has 0 bridgehead atoms. The van der Waals surface area contributed by atoms with Crippen LogP contribution in [0.1, 0.15) is 24.8 Å². The summed E-state index contributed by atoms with van der Waals surface area (Å²) >= 11 is 3.43. The summed E-state index contributed by atoms with van der Waals surface area (Å²) in [5, 5.41) is 9.20. The van der Waals surface area contributed by atoms with Gasteiger partial charge in [0.25, 0.3) is 5.91 Å². The Labute approximate surface area is 132 Å². The lowest BCUT2D eigenvalue weighted by atomic mass is 9.90. The molecule has 0 spiro atoms. The highest BCUT2D eigenvalue weighted by Gasteiger charge is 2.31. The molecule has 1 aliphatic heterocycles. The quantitative estimate of drug-likeness (QED) is 0.906. The fourth-order valence-corrected chi connectivity index (χ4v) is 3.09. The van der Waals surface area contributed by atoms with Crippen molar-refractivity contribution in [3.8, 4) is 5.75 Å². The number of nitrogens with zero attached hydrogens (tertiary/aromatic N) is 1. The zero-order chi connectivity index (χ0) is 14.8. The van der Waals surface area contributed by atoms with Crippen molar-refractivity contribution < 1.29 is 14.6 Å². The molecule has 1 aromatic rings. The Bertz CT molecular complexity index is 581. The number of aliphatic hydroxyl groups excluding tert-OH is 1. The zero-order valence-electron chi connectivity index (χ0n) is 11.7. The lowest BCUT2D eigenvalue weighted by Crippen LogP contribution is -2.47. The van der Waals surface area contributed by atoms with Crippen molar-refractivity contribution in [3.63, 3.8) is 0 Å². The summed E-state index contributed by atoms with van der Waals surface area (Å²) in [5.41, 5.74) is 1.57. The van der Waals surface area contributed by atoms with Gasteiger partial charge in [-0.3, -0.25) is 4.79 Å². The van der Waals surface area contributed by atoms with Crippen molar-refractivity contribution in [1.82, 2.24) is 4.90 Å². The Morgan fingerprint density at radius 2 is 2.24 bits per heavy atom. The summed E-state index contributed by atoms with van der Waals surface area (Å²) in [4.78, 5) is 14.5. The van der Waals surface area contributed by atoms with Crippen LogP contribution < -0.4 is 4.74 Å². The SMILES string of the molecule is O=C(C1=Cc2cc(Br)ccc2OC1)N(CCO)C1CCC1. The van der Waals surface area contributed by atoms with E-state index < -0.39 is 0 Å². The first-order valence-corrected chi connectivity index (χ1v) is 8.03. The molecule has 0 radical (unpaired) electrons. The Morgan fingerprint density at radius 1 is 1.43 bits per heavy atom. The minimum Gasteiger partial charge on any atom is -0.488 e. The van der Waals surface area contributed by atoms with Crippen LogP contribution in [0.4, 0.5) is 0 Å². The number of carbonyl (C=O) groups excluding carboxylic acids is 1. The molecular weight excluding hydrogens is 334 g/mol. The number of halogens is 1. The van der Waals surface area contributed by atoms with Crippen LogP contribution in [0, 0.1) is 0 Å². The molecule has 21 heavy (non-hydrogen) atoms. The lowest BCUT2D eigenvalue weighted by Gasteiger charge is -2.38. The molecule has 0 unspecified atom stereocenters. The zero-order valence-corrected chi connectivity index (χ0v) is 13.3. The van der Waals surface area contributed by atoms with E-state index in [1.165, 1.54) is 0 Å². The fourth-order valence-electron chi connectivity index (χ4n) is 2.71. The van der Waals surface area contributed by atoms with Gasteiger partial charge in [0.15, 0.2) is 0 Å². The molecule has 1 fully saturated rings. The number of amides is 1. The molecule has 0 aromatic heterocycles. The first kappa shape index (κ1) is 14.6. The highest BCUT2D eigenvalue weighted by atomic mass is 79.9. The summed E-state index contributed by atoms with van der Waals surface area (Å²) in [5.74, 6) is 0.784. The van der Waals surface area contributed by atoms with Crippen LogP contribution in [0.2, 0.25) is 0 Å². The largest absolute Gasteiger partial charge is 0.488 e. The van der Waals surface area contributed by atoms with Crippen LogP contribution in [0.15, 0.2) is 28.2 Å². The van der Waals surface area contributed by atoms with E-state index in [1.54, 1.807) is 4.90 Å². The maximum Gasteiger partial charge on any atom is 0.253 e. The monoisotopic (exact) mass is 351 g/mol. The van der Waals surface area contributed by atoms with Crippen LogP contribution in [0.5, 0.6) is 5.75 Å². The molecule has 1 amide bonds. The van der Waals surface area contributed by atoms with E-state index in [2.05, 4.69) is 15.9 Å². The van der Waals surface area contributed by atoms with E-state index in [1.807, 2.05) is 24.3 Å². The van der Waals surface area contributed by atoms with E-state index in [9.17, 15) is 9.90 Å². The number of hydrogen-bond donors (Lipinski definition) is 1. The van der Waals surface area contributed by atoms with Gasteiger partial charge in [-0.05, 0) is 43.5 Å². The normalized spacial score (nSPS) is 17.3. The van der Waals surface area contributed by atoms with E-state index >= 15 is 0 Å². The summed E-state index contributed by atoms with van der Waals surface area (Å²) in [7, 11) is 0. The van der Waals surface area contributed by atoms with Crippen molar-refractivity contribution in [3.05, 3.63) is 33.8 Å². The molecule has 112 valence electrons. The second-order valence-electron chi connectivity index (χ2n) is 5.45. The summed E-state index contributed by atoms with van der Waals surface area (Å²) in [6.45, 7) is 0.687. The van der Waals surface area contributed by atoms with Crippen LogP contribution in [0.25, 0.3) is 6.08 Å². The average Bonchev–Trinajstić information content (AvgIpc) is 2.43. The van der Waals surface area contributed by atoms with Crippen molar-refractivity contribution in [2.24, 2.45) is 0 Å². The first-order chi connectivity index (χ1) is 10.2. The second kappa shape index (κ2) is 6.20. The van der Waals surface area contributed by atoms with Crippen molar-refractivity contribution >= 4 is 27.9 Å². The average molecular weight is 352 g/mol. The number of ether oxygens (including phenoxy) is 1. The van der Waals surface area contributed by atoms with Gasteiger partial charge in [-0.15, -0.1) is 0 Å². The van der Waals surface area contributed by atoms with Gasteiger partial charge in [0, 0.05) is 22.6 Å². The Balaban J connectivity index is 1.83. The van der Waals surface area contributed by atoms with Gasteiger partial charge in [-0.2, -0.15) is 0 Å². The van der Waals surface area contributed by atoms with Crippen LogP contribution in [-0.4, -0.2) is 41.7 Å². The predicted octanol–water partition coefficient (Wildman–Crippen LogP) is 2.60. The molecule has 1 heterocycles. The minimum absolute atomic E-state index is 0.00148. The number of fused-ring (bicyclic) bond motifs is 1. The van der Waals surface area contributed by atoms with Crippen molar-refractivity contribution in [1.29, 1.82) is 0 Å². The van der Waals surface area contributed by atoms with Crippen molar-refractivity contribution in [2.45, 2.75) is 25.3 Å². The lowest BCUT2D eigenvalue weighted by molar-refractivity contribution is -0.132. The fraction of sp³-hybridized carbons (Fsp3) is 0.438. The van der Waals surface area contributed by atoms with Gasteiger partial charge >= 0.3 is 0 Å². The molecule has 1 N–H and O–H groups in total. The number of carbonyl (C=O) groups is 1. The number of hydrogen-bond acceptors (Lipinski definition) is 3. The maximum absolute atomic E-state index is 12.7. The number of benzene rings is 1. The molecule has 5 heteroatoms. The second-order valence-corrected chi connectivity index (χ2v) is 6.36. The molecule has 3 rings (SSSR count). The molecule has 1 saturated carbocycles. The third kappa shape index (κ3) is 2.99. The van der Waals surface area contributed by atoms with Crippen LogP contribution in [-0.2, 0) is 4.79 Å². The summed E-state index contributed by atoms with van der Waals surface area (Å²) in [6.07, 6.45) is 5.12. The van der Waals surface area contributed by atoms with Crippen molar-refractivity contribution in [2.75, 3.05) is 19.8 Å². The summed E-state index contributed by atoms with van der Waals surface area (Å²) < 4.78 is 6.63. The van der Waals surface area contributed by atoms with Gasteiger partial charge in [-0.1, -0.05) is 15.9 Å². The molecule has 0 saturated heterocycles. The molecule has 0 atom stereocenters.